The van der Waals surface area contributed by atoms with E-state index in [4.69, 9.17) is 0 Å². The Morgan fingerprint density at radius 2 is 1.97 bits per heavy atom. The highest BCUT2D eigenvalue weighted by Gasteiger charge is 2.34. The Balaban J connectivity index is 1.30. The zero-order valence-corrected chi connectivity index (χ0v) is 15.7. The van der Waals surface area contributed by atoms with Crippen LogP contribution in [-0.4, -0.2) is 31.8 Å². The van der Waals surface area contributed by atoms with Crippen LogP contribution in [0.1, 0.15) is 42.5 Å². The summed E-state index contributed by atoms with van der Waals surface area (Å²) in [6.45, 7) is 0.603. The zero-order chi connectivity index (χ0) is 20.0. The molecule has 3 aromatic heterocycles. The van der Waals surface area contributed by atoms with E-state index in [1.807, 2.05) is 6.07 Å². The van der Waals surface area contributed by atoms with Gasteiger partial charge in [0.05, 0.1) is 11.9 Å². The van der Waals surface area contributed by atoms with Gasteiger partial charge in [0.2, 0.25) is 17.8 Å². The minimum atomic E-state index is -2.51. The highest BCUT2D eigenvalue weighted by Crippen LogP contribution is 2.36. The van der Waals surface area contributed by atoms with Crippen molar-refractivity contribution in [2.75, 3.05) is 11.9 Å². The maximum absolute atomic E-state index is 13.8. The van der Waals surface area contributed by atoms with Gasteiger partial charge in [-0.25, -0.2) is 23.7 Å². The van der Waals surface area contributed by atoms with Gasteiger partial charge in [0.25, 0.3) is 0 Å². The van der Waals surface area contributed by atoms with E-state index in [0.29, 0.717) is 37.4 Å². The van der Waals surface area contributed by atoms with E-state index in [1.165, 1.54) is 10.6 Å². The molecule has 5 rings (SSSR count). The lowest BCUT2D eigenvalue weighted by Gasteiger charge is -2.28. The molecule has 0 aliphatic heterocycles. The van der Waals surface area contributed by atoms with Crippen molar-refractivity contribution in [2.24, 2.45) is 5.92 Å². The summed E-state index contributed by atoms with van der Waals surface area (Å²) in [7, 11) is 0. The number of imidazole rings is 1. The van der Waals surface area contributed by atoms with Gasteiger partial charge < -0.3 is 5.32 Å². The fourth-order valence-corrected chi connectivity index (χ4v) is 4.11. The van der Waals surface area contributed by atoms with Gasteiger partial charge in [-0.1, -0.05) is 6.08 Å². The van der Waals surface area contributed by atoms with Crippen molar-refractivity contribution in [3.05, 3.63) is 59.6 Å². The van der Waals surface area contributed by atoms with Crippen LogP contribution < -0.4 is 5.32 Å². The van der Waals surface area contributed by atoms with Gasteiger partial charge in [0.15, 0.2) is 0 Å². The molecule has 0 amide bonds. The van der Waals surface area contributed by atoms with Crippen LogP contribution in [-0.2, 0) is 6.42 Å². The average Bonchev–Trinajstić information content (AvgIpc) is 3.30. The van der Waals surface area contributed by atoms with E-state index in [-0.39, 0.29) is 18.8 Å². The van der Waals surface area contributed by atoms with Crippen molar-refractivity contribution in [3.63, 3.8) is 0 Å². The number of pyridine rings is 1. The molecule has 5 nitrogen and oxygen atoms in total. The van der Waals surface area contributed by atoms with Gasteiger partial charge >= 0.3 is 0 Å². The monoisotopic (exact) mass is 399 g/mol. The van der Waals surface area contributed by atoms with Crippen molar-refractivity contribution >= 4 is 17.2 Å². The van der Waals surface area contributed by atoms with E-state index in [1.54, 1.807) is 18.5 Å². The number of nitrogens with zero attached hydrogens (tertiary/aromatic N) is 4. The standard InChI is InChI=1S/C21H20F3N5/c22-18-11-25-19-4-1-14(12-29(18)19)15-2-3-17-16(15)10-27-20(28-17)26-9-13-5-7-21(23,24)8-6-13/h1-2,4,10-13H,3,5-9H2,(H,26,27,28). The van der Waals surface area contributed by atoms with Gasteiger partial charge in [-0.15, -0.1) is 0 Å². The zero-order valence-electron chi connectivity index (χ0n) is 15.7. The summed E-state index contributed by atoms with van der Waals surface area (Å²) >= 11 is 0. The molecule has 0 aromatic carbocycles. The Bertz CT molecular complexity index is 1090. The summed E-state index contributed by atoms with van der Waals surface area (Å²) in [6.07, 6.45) is 8.37. The van der Waals surface area contributed by atoms with Crippen molar-refractivity contribution in [1.29, 1.82) is 0 Å². The minimum absolute atomic E-state index is 0.0421. The van der Waals surface area contributed by atoms with E-state index in [9.17, 15) is 13.2 Å². The number of anilines is 1. The number of rotatable bonds is 4. The lowest BCUT2D eigenvalue weighted by atomic mass is 9.87. The number of hydrogen-bond donors (Lipinski definition) is 1. The molecule has 0 bridgehead atoms. The highest BCUT2D eigenvalue weighted by molar-refractivity contribution is 5.83. The second kappa shape index (κ2) is 6.86. The van der Waals surface area contributed by atoms with Crippen LogP contribution in [0.4, 0.5) is 19.1 Å². The van der Waals surface area contributed by atoms with E-state index >= 15 is 0 Å². The number of alkyl halides is 2. The van der Waals surface area contributed by atoms with Crippen LogP contribution >= 0.6 is 0 Å². The smallest absolute Gasteiger partial charge is 0.248 e. The second-order valence-electron chi connectivity index (χ2n) is 7.78. The summed E-state index contributed by atoms with van der Waals surface area (Å²) < 4.78 is 41.8. The van der Waals surface area contributed by atoms with Crippen LogP contribution in [0.15, 0.2) is 36.8 Å². The predicted molar refractivity (Wildman–Crippen MR) is 103 cm³/mol. The normalized spacial score (nSPS) is 18.7. The Labute approximate surface area is 165 Å². The van der Waals surface area contributed by atoms with Crippen LogP contribution in [0.5, 0.6) is 0 Å². The lowest BCUT2D eigenvalue weighted by molar-refractivity contribution is -0.0443. The number of allylic oxidation sites excluding steroid dienone is 1. The van der Waals surface area contributed by atoms with E-state index < -0.39 is 11.9 Å². The van der Waals surface area contributed by atoms with Gasteiger partial charge in [-0.05, 0) is 42.0 Å². The maximum atomic E-state index is 13.8. The molecule has 150 valence electrons. The summed E-state index contributed by atoms with van der Waals surface area (Å²) in [4.78, 5) is 13.0. The number of aromatic nitrogens is 4. The van der Waals surface area contributed by atoms with Crippen molar-refractivity contribution < 1.29 is 13.2 Å². The summed E-state index contributed by atoms with van der Waals surface area (Å²) in [6, 6.07) is 3.69. The molecule has 3 aromatic rings. The predicted octanol–water partition coefficient (Wildman–Crippen LogP) is 4.49. The van der Waals surface area contributed by atoms with Crippen LogP contribution in [0.2, 0.25) is 0 Å². The quantitative estimate of drug-likeness (QED) is 0.702. The number of fused-ring (bicyclic) bond motifs is 2. The maximum Gasteiger partial charge on any atom is 0.248 e. The minimum Gasteiger partial charge on any atom is -0.354 e. The first-order valence-electron chi connectivity index (χ1n) is 9.80. The molecule has 1 fully saturated rings. The summed E-state index contributed by atoms with van der Waals surface area (Å²) in [5.74, 6) is -2.17. The van der Waals surface area contributed by atoms with Crippen molar-refractivity contribution in [1.82, 2.24) is 19.4 Å². The first kappa shape index (κ1) is 18.1. The number of hydrogen-bond acceptors (Lipinski definition) is 4. The Morgan fingerprint density at radius 3 is 2.79 bits per heavy atom. The molecular weight excluding hydrogens is 379 g/mol. The van der Waals surface area contributed by atoms with Gasteiger partial charge in [-0.3, -0.25) is 4.40 Å². The van der Waals surface area contributed by atoms with E-state index in [2.05, 4.69) is 26.3 Å². The van der Waals surface area contributed by atoms with Crippen LogP contribution in [0.3, 0.4) is 0 Å². The molecule has 2 aliphatic carbocycles. The highest BCUT2D eigenvalue weighted by atomic mass is 19.3. The van der Waals surface area contributed by atoms with Crippen molar-refractivity contribution in [2.45, 2.75) is 38.0 Å². The Kier molecular flexibility index (Phi) is 4.29. The molecule has 0 unspecified atom stereocenters. The molecule has 0 atom stereocenters. The molecular formula is C21H20F3N5. The first-order chi connectivity index (χ1) is 14.0. The topological polar surface area (TPSA) is 55.1 Å². The van der Waals surface area contributed by atoms with Crippen LogP contribution in [0.25, 0.3) is 11.2 Å². The third kappa shape index (κ3) is 3.47. The van der Waals surface area contributed by atoms with Gasteiger partial charge in [-0.2, -0.15) is 4.39 Å². The number of nitrogens with one attached hydrogen (secondary N) is 1. The Hall–Kier alpha value is -2.90. The average molecular weight is 399 g/mol. The molecule has 1 N–H and O–H groups in total. The molecule has 0 spiro atoms. The SMILES string of the molecule is Fc1cnc2ccc(C3=CCc4nc(NCC5CCC(F)(F)CC5)ncc43)cn12. The molecule has 3 heterocycles. The first-order valence-corrected chi connectivity index (χ1v) is 9.80. The third-order valence-electron chi connectivity index (χ3n) is 5.81. The largest absolute Gasteiger partial charge is 0.354 e. The number of halogens is 3. The third-order valence-corrected chi connectivity index (χ3v) is 5.81. The fourth-order valence-electron chi connectivity index (χ4n) is 4.11. The van der Waals surface area contributed by atoms with E-state index in [0.717, 1.165) is 22.4 Å². The molecule has 0 radical (unpaired) electrons. The summed E-state index contributed by atoms with van der Waals surface area (Å²) in [5, 5.41) is 3.20. The molecule has 29 heavy (non-hydrogen) atoms. The molecule has 8 heteroatoms. The summed E-state index contributed by atoms with van der Waals surface area (Å²) in [5.41, 5.74) is 4.23. The van der Waals surface area contributed by atoms with Gasteiger partial charge in [0.1, 0.15) is 5.65 Å². The lowest BCUT2D eigenvalue weighted by Crippen LogP contribution is -2.28. The van der Waals surface area contributed by atoms with Crippen molar-refractivity contribution in [3.8, 4) is 0 Å². The van der Waals surface area contributed by atoms with Crippen LogP contribution in [0, 0.1) is 11.9 Å². The molecule has 2 aliphatic rings. The molecule has 1 saturated carbocycles. The second-order valence-corrected chi connectivity index (χ2v) is 7.78. The molecule has 0 saturated heterocycles. The Morgan fingerprint density at radius 1 is 1.14 bits per heavy atom. The van der Waals surface area contributed by atoms with Gasteiger partial charge in [0, 0.05) is 43.8 Å². The fraction of sp³-hybridized carbons (Fsp3) is 0.381.